The average molecular weight is 517 g/mol. The molecule has 0 amide bonds. The van der Waals surface area contributed by atoms with Gasteiger partial charge in [0.15, 0.2) is 0 Å². The molecule has 0 aliphatic carbocycles. The second-order valence-electron chi connectivity index (χ2n) is 10.1. The number of alkyl halides is 3. The van der Waals surface area contributed by atoms with Crippen molar-refractivity contribution in [3.8, 4) is 22.3 Å². The molecule has 0 spiro atoms. The summed E-state index contributed by atoms with van der Waals surface area (Å²) in [7, 11) is 0. The smallest absolute Gasteiger partial charge is 0.416 e. The number of hydrogen-bond donors (Lipinski definition) is 1. The number of carboxylic acid groups (broad SMARTS) is 1. The summed E-state index contributed by atoms with van der Waals surface area (Å²) in [6.45, 7) is 3.96. The Labute approximate surface area is 221 Å². The Hall–Kier alpha value is -3.86. The average Bonchev–Trinajstić information content (AvgIpc) is 2.90. The number of rotatable bonds is 9. The van der Waals surface area contributed by atoms with Gasteiger partial charge in [0.2, 0.25) is 0 Å². The Morgan fingerprint density at radius 1 is 0.711 bits per heavy atom. The standard InChI is InChI=1S/C33H31F3O2/c1-22(2)18-31(32(37)38)29-20-24(19-28(21-29)27-14-16-30(17-15-27)33(34,35)36)9-8-23-10-12-26(13-11-23)25-6-4-3-5-7-25/h3-7,10-17,19-22,31H,8-9,18H2,1-2H3,(H,37,38). The second kappa shape index (κ2) is 11.7. The second-order valence-corrected chi connectivity index (χ2v) is 10.1. The van der Waals surface area contributed by atoms with Gasteiger partial charge in [0.05, 0.1) is 11.5 Å². The summed E-state index contributed by atoms with van der Waals surface area (Å²) >= 11 is 0. The van der Waals surface area contributed by atoms with E-state index in [2.05, 4.69) is 36.4 Å². The molecule has 1 N–H and O–H groups in total. The van der Waals surface area contributed by atoms with Gasteiger partial charge in [-0.25, -0.2) is 0 Å². The van der Waals surface area contributed by atoms with Crippen molar-refractivity contribution < 1.29 is 23.1 Å². The molecule has 0 bridgehead atoms. The van der Waals surface area contributed by atoms with Crippen molar-refractivity contribution in [3.05, 3.63) is 119 Å². The number of carboxylic acids is 1. The van der Waals surface area contributed by atoms with Gasteiger partial charge in [0.25, 0.3) is 0 Å². The van der Waals surface area contributed by atoms with Crippen LogP contribution in [-0.2, 0) is 23.8 Å². The van der Waals surface area contributed by atoms with Crippen molar-refractivity contribution in [3.63, 3.8) is 0 Å². The highest BCUT2D eigenvalue weighted by Gasteiger charge is 2.30. The van der Waals surface area contributed by atoms with Crippen LogP contribution in [-0.4, -0.2) is 11.1 Å². The van der Waals surface area contributed by atoms with Crippen molar-refractivity contribution in [2.75, 3.05) is 0 Å². The minimum atomic E-state index is -4.41. The van der Waals surface area contributed by atoms with Crippen LogP contribution in [0.4, 0.5) is 13.2 Å². The molecule has 4 aromatic rings. The van der Waals surface area contributed by atoms with Crippen LogP contribution in [0.5, 0.6) is 0 Å². The van der Waals surface area contributed by atoms with E-state index in [4.69, 9.17) is 0 Å². The highest BCUT2D eigenvalue weighted by atomic mass is 19.4. The summed E-state index contributed by atoms with van der Waals surface area (Å²) in [5.74, 6) is -1.41. The normalized spacial score (nSPS) is 12.5. The van der Waals surface area contributed by atoms with Crippen molar-refractivity contribution in [1.29, 1.82) is 0 Å². The van der Waals surface area contributed by atoms with Gasteiger partial charge in [-0.1, -0.05) is 98.8 Å². The number of hydrogen-bond acceptors (Lipinski definition) is 1. The van der Waals surface area contributed by atoms with Crippen LogP contribution in [0.2, 0.25) is 0 Å². The topological polar surface area (TPSA) is 37.3 Å². The van der Waals surface area contributed by atoms with E-state index in [1.54, 1.807) is 0 Å². The fourth-order valence-electron chi connectivity index (χ4n) is 4.72. The van der Waals surface area contributed by atoms with Crippen LogP contribution >= 0.6 is 0 Å². The predicted octanol–water partition coefficient (Wildman–Crippen LogP) is 9.04. The van der Waals surface area contributed by atoms with Crippen LogP contribution in [0.25, 0.3) is 22.3 Å². The van der Waals surface area contributed by atoms with Gasteiger partial charge in [0, 0.05) is 0 Å². The predicted molar refractivity (Wildman–Crippen MR) is 146 cm³/mol. The van der Waals surface area contributed by atoms with E-state index in [0.29, 0.717) is 24.0 Å². The third kappa shape index (κ3) is 6.91. The van der Waals surface area contributed by atoms with Crippen molar-refractivity contribution in [1.82, 2.24) is 0 Å². The van der Waals surface area contributed by atoms with E-state index < -0.39 is 23.6 Å². The number of aryl methyl sites for hydroxylation is 2. The zero-order chi connectivity index (χ0) is 27.3. The Morgan fingerprint density at radius 2 is 1.26 bits per heavy atom. The lowest BCUT2D eigenvalue weighted by molar-refractivity contribution is -0.139. The quantitative estimate of drug-likeness (QED) is 0.241. The zero-order valence-corrected chi connectivity index (χ0v) is 21.5. The molecule has 1 atom stereocenters. The third-order valence-electron chi connectivity index (χ3n) is 6.73. The third-order valence-corrected chi connectivity index (χ3v) is 6.73. The molecule has 0 saturated heterocycles. The molecule has 4 rings (SSSR count). The van der Waals surface area contributed by atoms with Gasteiger partial charge in [-0.05, 0) is 76.3 Å². The lowest BCUT2D eigenvalue weighted by Gasteiger charge is -2.18. The molecule has 38 heavy (non-hydrogen) atoms. The Morgan fingerprint density at radius 3 is 1.84 bits per heavy atom. The van der Waals surface area contributed by atoms with Crippen LogP contribution in [0.1, 0.15) is 48.4 Å². The number of halogens is 3. The summed E-state index contributed by atoms with van der Waals surface area (Å²) in [5.41, 5.74) is 5.72. The molecule has 0 heterocycles. The first kappa shape index (κ1) is 27.2. The van der Waals surface area contributed by atoms with Gasteiger partial charge < -0.3 is 5.11 Å². The molecule has 5 heteroatoms. The van der Waals surface area contributed by atoms with Gasteiger partial charge >= 0.3 is 12.1 Å². The van der Waals surface area contributed by atoms with E-state index in [-0.39, 0.29) is 5.92 Å². The van der Waals surface area contributed by atoms with E-state index in [9.17, 15) is 23.1 Å². The van der Waals surface area contributed by atoms with Crippen molar-refractivity contribution >= 4 is 5.97 Å². The van der Waals surface area contributed by atoms with Crippen molar-refractivity contribution in [2.45, 2.75) is 45.2 Å². The lowest BCUT2D eigenvalue weighted by atomic mass is 9.86. The first-order valence-corrected chi connectivity index (χ1v) is 12.8. The first-order valence-electron chi connectivity index (χ1n) is 12.8. The summed E-state index contributed by atoms with van der Waals surface area (Å²) in [6.07, 6.45) is -2.49. The van der Waals surface area contributed by atoms with Crippen molar-refractivity contribution in [2.24, 2.45) is 5.92 Å². The Balaban J connectivity index is 1.63. The summed E-state index contributed by atoms with van der Waals surface area (Å²) in [5, 5.41) is 9.96. The molecule has 2 nitrogen and oxygen atoms in total. The van der Waals surface area contributed by atoms with Gasteiger partial charge in [0.1, 0.15) is 0 Å². The summed E-state index contributed by atoms with van der Waals surface area (Å²) in [6, 6.07) is 29.3. The fourth-order valence-corrected chi connectivity index (χ4v) is 4.72. The van der Waals surface area contributed by atoms with Crippen LogP contribution in [0.3, 0.4) is 0 Å². The SMILES string of the molecule is CC(C)CC(C(=O)O)c1cc(CCc2ccc(-c3ccccc3)cc2)cc(-c2ccc(C(F)(F)F)cc2)c1. The van der Waals surface area contributed by atoms with Crippen LogP contribution < -0.4 is 0 Å². The largest absolute Gasteiger partial charge is 0.481 e. The Kier molecular flexibility index (Phi) is 8.35. The highest BCUT2D eigenvalue weighted by molar-refractivity contribution is 5.77. The summed E-state index contributed by atoms with van der Waals surface area (Å²) < 4.78 is 39.3. The molecular formula is C33H31F3O2. The molecule has 0 saturated carbocycles. The fraction of sp³-hybridized carbons (Fsp3) is 0.242. The van der Waals surface area contributed by atoms with E-state index in [1.807, 2.05) is 50.2 Å². The van der Waals surface area contributed by atoms with Gasteiger partial charge in [-0.2, -0.15) is 13.2 Å². The van der Waals surface area contributed by atoms with E-state index in [1.165, 1.54) is 12.1 Å². The minimum Gasteiger partial charge on any atom is -0.481 e. The number of carbonyl (C=O) groups is 1. The molecule has 1 unspecified atom stereocenters. The molecule has 0 aliphatic rings. The molecular weight excluding hydrogens is 485 g/mol. The zero-order valence-electron chi connectivity index (χ0n) is 21.5. The maximum Gasteiger partial charge on any atom is 0.416 e. The van der Waals surface area contributed by atoms with E-state index in [0.717, 1.165) is 46.4 Å². The number of aliphatic carboxylic acids is 1. The van der Waals surface area contributed by atoms with Crippen LogP contribution in [0, 0.1) is 5.92 Å². The minimum absolute atomic E-state index is 0.178. The van der Waals surface area contributed by atoms with Gasteiger partial charge in [-0.15, -0.1) is 0 Å². The lowest BCUT2D eigenvalue weighted by Crippen LogP contribution is -2.14. The monoisotopic (exact) mass is 516 g/mol. The molecule has 0 fully saturated rings. The maximum atomic E-state index is 13.1. The summed E-state index contributed by atoms with van der Waals surface area (Å²) in [4.78, 5) is 12.2. The molecule has 0 radical (unpaired) electrons. The molecule has 4 aromatic carbocycles. The highest BCUT2D eigenvalue weighted by Crippen LogP contribution is 2.34. The number of benzene rings is 4. The maximum absolute atomic E-state index is 13.1. The van der Waals surface area contributed by atoms with E-state index >= 15 is 0 Å². The molecule has 0 aliphatic heterocycles. The van der Waals surface area contributed by atoms with Crippen LogP contribution in [0.15, 0.2) is 97.1 Å². The Bertz CT molecular complexity index is 1360. The van der Waals surface area contributed by atoms with Gasteiger partial charge in [-0.3, -0.25) is 4.79 Å². The molecule has 0 aromatic heterocycles. The molecule has 196 valence electrons. The first-order chi connectivity index (χ1) is 18.1.